The lowest BCUT2D eigenvalue weighted by Crippen LogP contribution is -2.67. The maximum Gasteiger partial charge on any atom is 0.0229 e. The minimum absolute atomic E-state index is 0.199. The average molecular weight is 236 g/mol. The highest BCUT2D eigenvalue weighted by atomic mass is 15.2. The fourth-order valence-electron chi connectivity index (χ4n) is 5.36. The van der Waals surface area contributed by atoms with Crippen LogP contribution in [0.2, 0.25) is 0 Å². The van der Waals surface area contributed by atoms with Crippen LogP contribution < -0.4 is 5.73 Å². The molecule has 0 aromatic rings. The molecule has 4 bridgehead atoms. The lowest BCUT2D eigenvalue weighted by molar-refractivity contribution is -0.0903. The fourth-order valence-corrected chi connectivity index (χ4v) is 5.36. The second-order valence-corrected chi connectivity index (χ2v) is 7.32. The van der Waals surface area contributed by atoms with E-state index in [4.69, 9.17) is 5.73 Å². The van der Waals surface area contributed by atoms with E-state index in [2.05, 4.69) is 18.9 Å². The Morgan fingerprint density at radius 3 is 2.35 bits per heavy atom. The molecular weight excluding hydrogens is 208 g/mol. The topological polar surface area (TPSA) is 29.3 Å². The molecule has 0 aromatic carbocycles. The summed E-state index contributed by atoms with van der Waals surface area (Å²) in [7, 11) is 2.35. The second kappa shape index (κ2) is 3.96. The lowest BCUT2D eigenvalue weighted by Gasteiger charge is -2.63. The highest BCUT2D eigenvalue weighted by Crippen LogP contribution is 2.58. The number of nitrogens with zero attached hydrogens (tertiary/aromatic N) is 1. The van der Waals surface area contributed by atoms with E-state index < -0.39 is 0 Å². The maximum atomic E-state index is 6.65. The van der Waals surface area contributed by atoms with Crippen LogP contribution in [0.4, 0.5) is 0 Å². The molecule has 2 unspecified atom stereocenters. The van der Waals surface area contributed by atoms with Gasteiger partial charge in [-0.25, -0.2) is 0 Å². The van der Waals surface area contributed by atoms with Crippen molar-refractivity contribution >= 4 is 0 Å². The monoisotopic (exact) mass is 236 g/mol. The van der Waals surface area contributed by atoms with Gasteiger partial charge >= 0.3 is 0 Å². The van der Waals surface area contributed by atoms with E-state index >= 15 is 0 Å². The lowest BCUT2D eigenvalue weighted by atomic mass is 9.50. The molecule has 0 amide bonds. The first-order chi connectivity index (χ1) is 8.05. The van der Waals surface area contributed by atoms with Gasteiger partial charge in [-0.1, -0.05) is 13.3 Å². The Morgan fingerprint density at radius 1 is 1.18 bits per heavy atom. The van der Waals surface area contributed by atoms with Gasteiger partial charge in [-0.2, -0.15) is 0 Å². The average Bonchev–Trinajstić information content (AvgIpc) is 2.22. The Labute approximate surface area is 106 Å². The minimum atomic E-state index is 0.199. The number of rotatable bonds is 4. The van der Waals surface area contributed by atoms with Gasteiger partial charge in [-0.05, 0) is 70.4 Å². The Morgan fingerprint density at radius 2 is 1.82 bits per heavy atom. The van der Waals surface area contributed by atoms with Crippen LogP contribution in [0.1, 0.15) is 58.3 Å². The number of hydrogen-bond acceptors (Lipinski definition) is 2. The predicted molar refractivity (Wildman–Crippen MR) is 71.9 cm³/mol. The summed E-state index contributed by atoms with van der Waals surface area (Å²) in [5.41, 5.74) is 7.32. The van der Waals surface area contributed by atoms with Crippen molar-refractivity contribution in [2.24, 2.45) is 17.6 Å². The van der Waals surface area contributed by atoms with Gasteiger partial charge in [0.05, 0.1) is 0 Å². The molecule has 0 heterocycles. The summed E-state index contributed by atoms with van der Waals surface area (Å²) < 4.78 is 0. The maximum absolute atomic E-state index is 6.65. The van der Waals surface area contributed by atoms with Crippen LogP contribution >= 0.6 is 0 Å². The van der Waals surface area contributed by atoms with Crippen molar-refractivity contribution in [1.82, 2.24) is 4.90 Å². The predicted octanol–water partition coefficient (Wildman–Crippen LogP) is 2.77. The van der Waals surface area contributed by atoms with Crippen LogP contribution in [-0.2, 0) is 0 Å². The smallest absolute Gasteiger partial charge is 0.0229 e. The summed E-state index contributed by atoms with van der Waals surface area (Å²) in [6.45, 7) is 3.56. The third-order valence-corrected chi connectivity index (χ3v) is 5.73. The molecule has 4 aliphatic carbocycles. The second-order valence-electron chi connectivity index (χ2n) is 7.32. The van der Waals surface area contributed by atoms with Gasteiger partial charge in [0.2, 0.25) is 0 Å². The van der Waals surface area contributed by atoms with Crippen LogP contribution in [0, 0.1) is 11.8 Å². The SMILES string of the molecule is CCCCN(C)C12CC3CC(CC(N)(C3)C1)C2. The van der Waals surface area contributed by atoms with E-state index in [1.54, 1.807) is 0 Å². The minimum Gasteiger partial charge on any atom is -0.325 e. The molecule has 98 valence electrons. The molecule has 0 aliphatic heterocycles. The van der Waals surface area contributed by atoms with Crippen LogP contribution in [-0.4, -0.2) is 29.6 Å². The molecule has 0 spiro atoms. The number of unbranched alkanes of at least 4 members (excludes halogenated alkanes) is 1. The Balaban J connectivity index is 1.78. The fraction of sp³-hybridized carbons (Fsp3) is 1.00. The van der Waals surface area contributed by atoms with Crippen molar-refractivity contribution < 1.29 is 0 Å². The van der Waals surface area contributed by atoms with Gasteiger partial charge in [0.15, 0.2) is 0 Å². The number of hydrogen-bond donors (Lipinski definition) is 1. The summed E-state index contributed by atoms with van der Waals surface area (Å²) in [6.07, 6.45) is 10.9. The Bertz CT molecular complexity index is 285. The van der Waals surface area contributed by atoms with Gasteiger partial charge in [0.1, 0.15) is 0 Å². The van der Waals surface area contributed by atoms with E-state index in [0.717, 1.165) is 11.8 Å². The molecule has 4 rings (SSSR count). The quantitative estimate of drug-likeness (QED) is 0.813. The molecule has 2 heteroatoms. The van der Waals surface area contributed by atoms with E-state index in [-0.39, 0.29) is 5.54 Å². The molecule has 4 aliphatic rings. The summed E-state index contributed by atoms with van der Waals surface area (Å²) in [5, 5.41) is 0. The normalized spacial score (nSPS) is 48.0. The zero-order valence-electron chi connectivity index (χ0n) is 11.5. The van der Waals surface area contributed by atoms with Gasteiger partial charge in [-0.15, -0.1) is 0 Å². The Hall–Kier alpha value is -0.0800. The number of nitrogens with two attached hydrogens (primary N) is 1. The molecule has 2 N–H and O–H groups in total. The van der Waals surface area contributed by atoms with Crippen molar-refractivity contribution in [2.75, 3.05) is 13.6 Å². The zero-order chi connectivity index (χ0) is 12.1. The van der Waals surface area contributed by atoms with Gasteiger partial charge in [0.25, 0.3) is 0 Å². The van der Waals surface area contributed by atoms with Crippen LogP contribution in [0.5, 0.6) is 0 Å². The summed E-state index contributed by atoms with van der Waals surface area (Å²) in [4.78, 5) is 2.68. The van der Waals surface area contributed by atoms with Gasteiger partial charge < -0.3 is 10.6 Å². The molecular formula is C15H28N2. The van der Waals surface area contributed by atoms with Gasteiger partial charge in [-0.3, -0.25) is 0 Å². The summed E-state index contributed by atoms with van der Waals surface area (Å²) in [5.74, 6) is 1.87. The summed E-state index contributed by atoms with van der Waals surface area (Å²) >= 11 is 0. The van der Waals surface area contributed by atoms with Crippen molar-refractivity contribution in [2.45, 2.75) is 69.4 Å². The first-order valence-corrected chi connectivity index (χ1v) is 7.55. The molecule has 0 radical (unpaired) electrons. The van der Waals surface area contributed by atoms with E-state index in [1.165, 1.54) is 57.9 Å². The third kappa shape index (κ3) is 1.94. The van der Waals surface area contributed by atoms with Crippen molar-refractivity contribution in [3.05, 3.63) is 0 Å². The zero-order valence-corrected chi connectivity index (χ0v) is 11.5. The first kappa shape index (κ1) is 12.0. The highest BCUT2D eigenvalue weighted by molar-refractivity contribution is 5.14. The van der Waals surface area contributed by atoms with E-state index in [9.17, 15) is 0 Å². The highest BCUT2D eigenvalue weighted by Gasteiger charge is 2.57. The molecule has 0 aromatic heterocycles. The molecule has 2 atom stereocenters. The third-order valence-electron chi connectivity index (χ3n) is 5.73. The van der Waals surface area contributed by atoms with Gasteiger partial charge in [0, 0.05) is 11.1 Å². The summed E-state index contributed by atoms with van der Waals surface area (Å²) in [6, 6.07) is 0. The van der Waals surface area contributed by atoms with E-state index in [1.807, 2.05) is 0 Å². The molecule has 2 nitrogen and oxygen atoms in total. The van der Waals surface area contributed by atoms with Crippen molar-refractivity contribution in [3.8, 4) is 0 Å². The van der Waals surface area contributed by atoms with Crippen LogP contribution in [0.15, 0.2) is 0 Å². The largest absolute Gasteiger partial charge is 0.325 e. The molecule has 4 fully saturated rings. The molecule has 17 heavy (non-hydrogen) atoms. The Kier molecular flexibility index (Phi) is 2.79. The van der Waals surface area contributed by atoms with Crippen LogP contribution in [0.25, 0.3) is 0 Å². The molecule has 4 saturated carbocycles. The van der Waals surface area contributed by atoms with Crippen LogP contribution in [0.3, 0.4) is 0 Å². The molecule has 0 saturated heterocycles. The van der Waals surface area contributed by atoms with Crippen molar-refractivity contribution in [3.63, 3.8) is 0 Å². The standard InChI is InChI=1S/C15H28N2/c1-3-4-5-17(2)15-9-12-6-13(10-15)8-14(16,7-12)11-15/h12-13H,3-11,16H2,1-2H3. The van der Waals surface area contributed by atoms with E-state index in [0.29, 0.717) is 5.54 Å². The van der Waals surface area contributed by atoms with Crippen molar-refractivity contribution in [1.29, 1.82) is 0 Å². The first-order valence-electron chi connectivity index (χ1n) is 7.55.